The summed E-state index contributed by atoms with van der Waals surface area (Å²) in [6.07, 6.45) is 0.505. The van der Waals surface area contributed by atoms with E-state index in [0.29, 0.717) is 25.4 Å². The van der Waals surface area contributed by atoms with Gasteiger partial charge >= 0.3 is 0 Å². The van der Waals surface area contributed by atoms with Crippen LogP contribution >= 0.6 is 11.8 Å². The van der Waals surface area contributed by atoms with E-state index in [2.05, 4.69) is 0 Å². The van der Waals surface area contributed by atoms with Gasteiger partial charge in [0.2, 0.25) is 11.8 Å². The lowest BCUT2D eigenvalue weighted by Gasteiger charge is -2.31. The molecule has 1 aliphatic rings. The number of hydrogen-bond acceptors (Lipinski definition) is 3. The summed E-state index contributed by atoms with van der Waals surface area (Å²) in [7, 11) is 0. The van der Waals surface area contributed by atoms with Gasteiger partial charge in [0.15, 0.2) is 0 Å². The zero-order chi connectivity index (χ0) is 19.4. The number of rotatable bonds is 7. The molecule has 1 aromatic rings. The Bertz CT molecular complexity index is 650. The van der Waals surface area contributed by atoms with Gasteiger partial charge in [-0.3, -0.25) is 9.59 Å². The highest BCUT2D eigenvalue weighted by Gasteiger charge is 2.38. The number of carbonyl (C=O) groups excluding carboxylic acids is 2. The van der Waals surface area contributed by atoms with E-state index in [9.17, 15) is 14.0 Å². The molecule has 0 radical (unpaired) electrons. The van der Waals surface area contributed by atoms with Crippen LogP contribution in [0.15, 0.2) is 24.3 Å². The molecule has 0 saturated carbocycles. The molecule has 0 aromatic heterocycles. The lowest BCUT2D eigenvalue weighted by molar-refractivity contribution is -0.136. The van der Waals surface area contributed by atoms with Gasteiger partial charge in [-0.2, -0.15) is 0 Å². The fraction of sp³-hybridized carbons (Fsp3) is 0.600. The Kier molecular flexibility index (Phi) is 7.09. The molecule has 26 heavy (non-hydrogen) atoms. The molecular weight excluding hydrogens is 351 g/mol. The normalized spacial score (nSPS) is 20.3. The van der Waals surface area contributed by atoms with E-state index >= 15 is 0 Å². The molecule has 0 bridgehead atoms. The first-order valence-electron chi connectivity index (χ1n) is 9.21. The van der Waals surface area contributed by atoms with Crippen LogP contribution in [-0.4, -0.2) is 46.0 Å². The molecule has 1 fully saturated rings. The van der Waals surface area contributed by atoms with Crippen LogP contribution in [-0.2, 0) is 9.59 Å². The van der Waals surface area contributed by atoms with Crippen LogP contribution < -0.4 is 0 Å². The highest BCUT2D eigenvalue weighted by molar-refractivity contribution is 8.01. The Balaban J connectivity index is 2.13. The summed E-state index contributed by atoms with van der Waals surface area (Å²) in [5, 5.41) is -0.371. The smallest absolute Gasteiger partial charge is 0.236 e. The number of thioether (sulfide) groups is 1. The molecule has 2 atom stereocenters. The van der Waals surface area contributed by atoms with E-state index in [1.54, 1.807) is 11.0 Å². The topological polar surface area (TPSA) is 40.6 Å². The third kappa shape index (κ3) is 5.00. The quantitative estimate of drug-likeness (QED) is 0.716. The molecule has 0 spiro atoms. The van der Waals surface area contributed by atoms with Crippen molar-refractivity contribution in [3.8, 4) is 0 Å². The fourth-order valence-corrected chi connectivity index (χ4v) is 4.47. The summed E-state index contributed by atoms with van der Waals surface area (Å²) in [5.41, 5.74) is 0.789. The van der Waals surface area contributed by atoms with Crippen LogP contribution in [0.25, 0.3) is 0 Å². The molecule has 1 aromatic carbocycles. The van der Waals surface area contributed by atoms with Crippen LogP contribution in [0.2, 0.25) is 0 Å². The molecule has 1 aliphatic heterocycles. The maximum absolute atomic E-state index is 13.6. The second-order valence-corrected chi connectivity index (χ2v) is 8.92. The van der Waals surface area contributed by atoms with E-state index in [4.69, 9.17) is 0 Å². The van der Waals surface area contributed by atoms with Crippen molar-refractivity contribution in [2.45, 2.75) is 57.7 Å². The summed E-state index contributed by atoms with van der Waals surface area (Å²) in [6.45, 7) is 10.9. The van der Waals surface area contributed by atoms with Crippen LogP contribution in [0.3, 0.4) is 0 Å². The van der Waals surface area contributed by atoms with Gasteiger partial charge in [0, 0.05) is 25.6 Å². The first-order valence-corrected chi connectivity index (χ1v) is 10.2. The summed E-state index contributed by atoms with van der Waals surface area (Å²) in [6, 6.07) is 6.49. The zero-order valence-corrected chi connectivity index (χ0v) is 17.1. The summed E-state index contributed by atoms with van der Waals surface area (Å²) < 4.78 is 13.6. The molecule has 0 aliphatic carbocycles. The number of nitrogens with zero attached hydrogens (tertiary/aromatic N) is 2. The van der Waals surface area contributed by atoms with Gasteiger partial charge in [-0.15, -0.1) is 11.8 Å². The Labute approximate surface area is 160 Å². The molecule has 2 rings (SSSR count). The number of benzene rings is 1. The minimum atomic E-state index is -0.300. The van der Waals surface area contributed by atoms with Gasteiger partial charge in [-0.1, -0.05) is 26.0 Å². The number of amides is 2. The second kappa shape index (κ2) is 8.89. The van der Waals surface area contributed by atoms with Gasteiger partial charge in [-0.25, -0.2) is 4.39 Å². The third-order valence-corrected chi connectivity index (χ3v) is 5.88. The van der Waals surface area contributed by atoms with Gasteiger partial charge in [0.05, 0.1) is 5.25 Å². The average molecular weight is 381 g/mol. The van der Waals surface area contributed by atoms with Crippen molar-refractivity contribution in [2.75, 3.05) is 13.1 Å². The number of hydrogen-bond donors (Lipinski definition) is 0. The molecule has 4 nitrogen and oxygen atoms in total. The standard InChI is InChI=1S/C20H29FN2O2S/c1-13(2)11-18(24)22(14(3)4)9-10-23-19(25)15(5)26-20(23)16-7-6-8-17(21)12-16/h6-8,12-15,20H,9-11H2,1-5H3/t15-,20+/m0/s1. The molecule has 2 amide bonds. The first kappa shape index (κ1) is 20.7. The van der Waals surface area contributed by atoms with Crippen LogP contribution in [0.5, 0.6) is 0 Å². The molecule has 0 unspecified atom stereocenters. The molecule has 6 heteroatoms. The van der Waals surface area contributed by atoms with Crippen molar-refractivity contribution in [3.63, 3.8) is 0 Å². The van der Waals surface area contributed by atoms with Crippen molar-refractivity contribution < 1.29 is 14.0 Å². The monoisotopic (exact) mass is 380 g/mol. The van der Waals surface area contributed by atoms with Crippen molar-refractivity contribution in [1.82, 2.24) is 9.80 Å². The average Bonchev–Trinajstić information content (AvgIpc) is 2.82. The highest BCUT2D eigenvalue weighted by atomic mass is 32.2. The van der Waals surface area contributed by atoms with Crippen LogP contribution in [0.1, 0.15) is 52.0 Å². The van der Waals surface area contributed by atoms with Crippen molar-refractivity contribution in [1.29, 1.82) is 0 Å². The molecule has 1 heterocycles. The van der Waals surface area contributed by atoms with Crippen LogP contribution in [0, 0.1) is 11.7 Å². The predicted molar refractivity (Wildman–Crippen MR) is 104 cm³/mol. The maximum Gasteiger partial charge on any atom is 0.236 e. The van der Waals surface area contributed by atoms with E-state index < -0.39 is 0 Å². The first-order chi connectivity index (χ1) is 12.2. The summed E-state index contributed by atoms with van der Waals surface area (Å²) in [5.74, 6) is 0.160. The van der Waals surface area contributed by atoms with Gasteiger partial charge in [0.1, 0.15) is 11.2 Å². The minimum absolute atomic E-state index is 0.0456. The molecule has 144 valence electrons. The Hall–Kier alpha value is -1.56. The third-order valence-electron chi connectivity index (χ3n) is 4.49. The van der Waals surface area contributed by atoms with Gasteiger partial charge in [0.25, 0.3) is 0 Å². The second-order valence-electron chi connectivity index (χ2n) is 7.50. The van der Waals surface area contributed by atoms with Crippen molar-refractivity contribution >= 4 is 23.6 Å². The predicted octanol–water partition coefficient (Wildman–Crippen LogP) is 4.07. The highest BCUT2D eigenvalue weighted by Crippen LogP contribution is 2.42. The van der Waals surface area contributed by atoms with Crippen molar-refractivity contribution in [3.05, 3.63) is 35.6 Å². The van der Waals surface area contributed by atoms with Crippen LogP contribution in [0.4, 0.5) is 4.39 Å². The lowest BCUT2D eigenvalue weighted by atomic mass is 10.1. The molecular formula is C20H29FN2O2S. The van der Waals surface area contributed by atoms with Gasteiger partial charge in [-0.05, 0) is 44.4 Å². The number of halogens is 1. The SMILES string of the molecule is CC(C)CC(=O)N(CCN1C(=O)[C@H](C)S[C@@H]1c1cccc(F)c1)C(C)C. The van der Waals surface area contributed by atoms with E-state index in [-0.39, 0.29) is 34.3 Å². The van der Waals surface area contributed by atoms with E-state index in [0.717, 1.165) is 5.56 Å². The Morgan fingerprint density at radius 1 is 1.31 bits per heavy atom. The zero-order valence-electron chi connectivity index (χ0n) is 16.2. The molecule has 0 N–H and O–H groups in total. The van der Waals surface area contributed by atoms with E-state index in [1.807, 2.05) is 45.6 Å². The fourth-order valence-electron chi connectivity index (χ4n) is 3.17. The van der Waals surface area contributed by atoms with Gasteiger partial charge < -0.3 is 9.80 Å². The lowest BCUT2D eigenvalue weighted by Crippen LogP contribution is -2.44. The van der Waals surface area contributed by atoms with E-state index in [1.165, 1.54) is 23.9 Å². The molecule has 1 saturated heterocycles. The minimum Gasteiger partial charge on any atom is -0.338 e. The number of carbonyl (C=O) groups is 2. The van der Waals surface area contributed by atoms with Crippen molar-refractivity contribution in [2.24, 2.45) is 5.92 Å². The Morgan fingerprint density at radius 3 is 2.58 bits per heavy atom. The Morgan fingerprint density at radius 2 is 2.00 bits per heavy atom. The largest absolute Gasteiger partial charge is 0.338 e. The maximum atomic E-state index is 13.6. The summed E-state index contributed by atoms with van der Waals surface area (Å²) >= 11 is 1.53. The summed E-state index contributed by atoms with van der Waals surface area (Å²) in [4.78, 5) is 28.7.